The Morgan fingerprint density at radius 1 is 1.26 bits per heavy atom. The largest absolute Gasteiger partial charge is 0.317 e. The molecule has 0 spiro atoms. The van der Waals surface area contributed by atoms with Gasteiger partial charge in [0.15, 0.2) is 0 Å². The summed E-state index contributed by atoms with van der Waals surface area (Å²) in [5, 5.41) is 3.31. The van der Waals surface area contributed by atoms with Crippen molar-refractivity contribution in [1.82, 2.24) is 5.32 Å². The van der Waals surface area contributed by atoms with Crippen LogP contribution in [0.4, 0.5) is 8.78 Å². The van der Waals surface area contributed by atoms with Gasteiger partial charge >= 0.3 is 0 Å². The van der Waals surface area contributed by atoms with Crippen LogP contribution in [0.3, 0.4) is 0 Å². The monoisotopic (exact) mass is 267 g/mol. The lowest BCUT2D eigenvalue weighted by molar-refractivity contribution is -0.0250. The molecule has 0 atom stereocenters. The van der Waals surface area contributed by atoms with Gasteiger partial charge in [-0.3, -0.25) is 0 Å². The molecule has 1 aliphatic heterocycles. The van der Waals surface area contributed by atoms with Crippen molar-refractivity contribution in [3.63, 3.8) is 0 Å². The van der Waals surface area contributed by atoms with E-state index in [9.17, 15) is 8.78 Å². The molecular formula is C16H23F2N. The van der Waals surface area contributed by atoms with E-state index in [4.69, 9.17) is 0 Å². The molecule has 0 radical (unpaired) electrons. The van der Waals surface area contributed by atoms with Crippen LogP contribution in [-0.2, 0) is 5.92 Å². The molecule has 1 fully saturated rings. The number of piperidine rings is 1. The maximum atomic E-state index is 14.1. The van der Waals surface area contributed by atoms with Crippen LogP contribution in [0.2, 0.25) is 0 Å². The van der Waals surface area contributed by atoms with Crippen LogP contribution in [0.25, 0.3) is 0 Å². The number of halogens is 2. The van der Waals surface area contributed by atoms with E-state index in [-0.39, 0.29) is 17.9 Å². The molecule has 3 heteroatoms. The molecule has 0 aliphatic carbocycles. The van der Waals surface area contributed by atoms with Gasteiger partial charge in [-0.05, 0) is 49.4 Å². The summed E-state index contributed by atoms with van der Waals surface area (Å²) in [6.07, 6.45) is 2.00. The normalized spacial score (nSPS) is 17.9. The van der Waals surface area contributed by atoms with Crippen molar-refractivity contribution in [3.8, 4) is 0 Å². The smallest absolute Gasteiger partial charge is 0.273 e. The van der Waals surface area contributed by atoms with Gasteiger partial charge in [-0.1, -0.05) is 32.0 Å². The molecule has 0 unspecified atom stereocenters. The Bertz CT molecular complexity index is 409. The minimum atomic E-state index is -2.71. The summed E-state index contributed by atoms with van der Waals surface area (Å²) in [7, 11) is 0. The van der Waals surface area contributed by atoms with Gasteiger partial charge in [0.1, 0.15) is 0 Å². The first kappa shape index (κ1) is 14.4. The summed E-state index contributed by atoms with van der Waals surface area (Å²) < 4.78 is 28.3. The van der Waals surface area contributed by atoms with E-state index < -0.39 is 5.92 Å². The zero-order valence-corrected chi connectivity index (χ0v) is 11.8. The van der Waals surface area contributed by atoms with Crippen LogP contribution in [0.15, 0.2) is 24.3 Å². The Balaban J connectivity index is 2.18. The van der Waals surface area contributed by atoms with E-state index in [2.05, 4.69) is 5.32 Å². The molecule has 0 saturated carbocycles. The molecule has 1 heterocycles. The second-order valence-corrected chi connectivity index (χ2v) is 5.95. The lowest BCUT2D eigenvalue weighted by Gasteiger charge is -2.25. The number of rotatable bonds is 4. The van der Waals surface area contributed by atoms with E-state index in [1.54, 1.807) is 18.2 Å². The quantitative estimate of drug-likeness (QED) is 0.858. The first-order chi connectivity index (χ1) is 8.99. The third-order valence-electron chi connectivity index (χ3n) is 3.78. The second kappa shape index (κ2) is 6.00. The van der Waals surface area contributed by atoms with E-state index in [0.29, 0.717) is 5.92 Å². The molecule has 1 saturated heterocycles. The highest BCUT2D eigenvalue weighted by atomic mass is 19.3. The highest BCUT2D eigenvalue weighted by Crippen LogP contribution is 2.36. The van der Waals surface area contributed by atoms with Gasteiger partial charge in [0, 0.05) is 12.0 Å². The fourth-order valence-corrected chi connectivity index (χ4v) is 2.81. The van der Waals surface area contributed by atoms with Crippen molar-refractivity contribution in [2.75, 3.05) is 13.1 Å². The van der Waals surface area contributed by atoms with Gasteiger partial charge in [0.05, 0.1) is 0 Å². The zero-order chi connectivity index (χ0) is 13.9. The SMILES string of the molecule is CC(C)CC(F)(F)c1cccc(C2CCNCC2)c1. The Labute approximate surface area is 114 Å². The Hall–Kier alpha value is -0.960. The highest BCUT2D eigenvalue weighted by Gasteiger charge is 2.32. The van der Waals surface area contributed by atoms with Gasteiger partial charge in [-0.2, -0.15) is 0 Å². The maximum absolute atomic E-state index is 14.1. The molecule has 2 rings (SSSR count). The van der Waals surface area contributed by atoms with Gasteiger partial charge in [0.2, 0.25) is 0 Å². The average Bonchev–Trinajstić information content (AvgIpc) is 2.38. The number of hydrogen-bond donors (Lipinski definition) is 1. The molecule has 106 valence electrons. The molecule has 0 bridgehead atoms. The topological polar surface area (TPSA) is 12.0 Å². The molecule has 1 aromatic rings. The summed E-state index contributed by atoms with van der Waals surface area (Å²) in [5.41, 5.74) is 1.25. The molecule has 19 heavy (non-hydrogen) atoms. The van der Waals surface area contributed by atoms with Crippen LogP contribution in [-0.4, -0.2) is 13.1 Å². The molecule has 1 nitrogen and oxygen atoms in total. The molecule has 1 N–H and O–H groups in total. The molecule has 1 aromatic carbocycles. The van der Waals surface area contributed by atoms with Crippen molar-refractivity contribution < 1.29 is 8.78 Å². The first-order valence-corrected chi connectivity index (χ1v) is 7.18. The number of nitrogens with one attached hydrogen (secondary N) is 1. The van der Waals surface area contributed by atoms with Gasteiger partial charge in [-0.15, -0.1) is 0 Å². The molecular weight excluding hydrogens is 244 g/mol. The van der Waals surface area contributed by atoms with Crippen LogP contribution in [0.5, 0.6) is 0 Å². The average molecular weight is 267 g/mol. The fraction of sp³-hybridized carbons (Fsp3) is 0.625. The molecule has 0 aromatic heterocycles. The highest BCUT2D eigenvalue weighted by molar-refractivity contribution is 5.29. The molecule has 1 aliphatic rings. The summed E-state index contributed by atoms with van der Waals surface area (Å²) in [4.78, 5) is 0. The second-order valence-electron chi connectivity index (χ2n) is 5.95. The number of hydrogen-bond acceptors (Lipinski definition) is 1. The number of alkyl halides is 2. The van der Waals surface area contributed by atoms with E-state index >= 15 is 0 Å². The predicted molar refractivity (Wildman–Crippen MR) is 74.6 cm³/mol. The Morgan fingerprint density at radius 2 is 1.95 bits per heavy atom. The summed E-state index contributed by atoms with van der Waals surface area (Å²) in [6.45, 7) is 5.64. The number of benzene rings is 1. The third-order valence-corrected chi connectivity index (χ3v) is 3.78. The van der Waals surface area contributed by atoms with E-state index in [1.165, 1.54) is 0 Å². The summed E-state index contributed by atoms with van der Waals surface area (Å²) >= 11 is 0. The Morgan fingerprint density at radius 3 is 2.58 bits per heavy atom. The van der Waals surface area contributed by atoms with E-state index in [0.717, 1.165) is 31.5 Å². The van der Waals surface area contributed by atoms with Crippen LogP contribution < -0.4 is 5.32 Å². The van der Waals surface area contributed by atoms with Crippen molar-refractivity contribution >= 4 is 0 Å². The van der Waals surface area contributed by atoms with Crippen LogP contribution in [0.1, 0.15) is 50.2 Å². The fourth-order valence-electron chi connectivity index (χ4n) is 2.81. The zero-order valence-electron chi connectivity index (χ0n) is 11.8. The lowest BCUT2D eigenvalue weighted by Crippen LogP contribution is -2.26. The van der Waals surface area contributed by atoms with Crippen LogP contribution >= 0.6 is 0 Å². The molecule has 0 amide bonds. The minimum Gasteiger partial charge on any atom is -0.317 e. The van der Waals surface area contributed by atoms with Crippen molar-refractivity contribution in [3.05, 3.63) is 35.4 Å². The Kier molecular flexibility index (Phi) is 4.56. The van der Waals surface area contributed by atoms with Crippen molar-refractivity contribution in [2.24, 2.45) is 5.92 Å². The van der Waals surface area contributed by atoms with Gasteiger partial charge in [0.25, 0.3) is 5.92 Å². The van der Waals surface area contributed by atoms with E-state index in [1.807, 2.05) is 19.9 Å². The lowest BCUT2D eigenvalue weighted by atomic mass is 9.88. The minimum absolute atomic E-state index is 0.00228. The van der Waals surface area contributed by atoms with Gasteiger partial charge in [-0.25, -0.2) is 8.78 Å². The van der Waals surface area contributed by atoms with Gasteiger partial charge < -0.3 is 5.32 Å². The van der Waals surface area contributed by atoms with Crippen LogP contribution in [0, 0.1) is 5.92 Å². The summed E-state index contributed by atoms with van der Waals surface area (Å²) in [6, 6.07) is 7.05. The summed E-state index contributed by atoms with van der Waals surface area (Å²) in [5.74, 6) is -2.29. The maximum Gasteiger partial charge on any atom is 0.273 e. The predicted octanol–water partition coefficient (Wildman–Crippen LogP) is 4.29. The third kappa shape index (κ3) is 3.75. The van der Waals surface area contributed by atoms with Crippen molar-refractivity contribution in [2.45, 2.75) is 45.0 Å². The standard InChI is InChI=1S/C16H23F2N/c1-12(2)11-16(17,18)15-5-3-4-14(10-15)13-6-8-19-9-7-13/h3-5,10,12-13,19H,6-9,11H2,1-2H3. The first-order valence-electron chi connectivity index (χ1n) is 7.18. The van der Waals surface area contributed by atoms with Crippen molar-refractivity contribution in [1.29, 1.82) is 0 Å².